The third-order valence-corrected chi connectivity index (χ3v) is 3.65. The summed E-state index contributed by atoms with van der Waals surface area (Å²) in [6, 6.07) is 14.6. The molecule has 0 aromatic heterocycles. The van der Waals surface area contributed by atoms with Crippen LogP contribution in [0.2, 0.25) is 0 Å². The number of nitrogens with two attached hydrogens (primary N) is 1. The Morgan fingerprint density at radius 2 is 1.74 bits per heavy atom. The molecule has 0 saturated heterocycles. The Morgan fingerprint density at radius 1 is 1.00 bits per heavy atom. The summed E-state index contributed by atoms with van der Waals surface area (Å²) in [5.41, 5.74) is 11.7. The van der Waals surface area contributed by atoms with Crippen molar-refractivity contribution in [2.75, 3.05) is 17.2 Å². The van der Waals surface area contributed by atoms with E-state index in [0.29, 0.717) is 0 Å². The summed E-state index contributed by atoms with van der Waals surface area (Å²) in [4.78, 5) is 2.34. The molecule has 0 amide bonds. The van der Waals surface area contributed by atoms with E-state index < -0.39 is 0 Å². The number of anilines is 2. The van der Waals surface area contributed by atoms with E-state index in [1.807, 2.05) is 6.07 Å². The summed E-state index contributed by atoms with van der Waals surface area (Å²) in [6.07, 6.45) is 0.719. The Bertz CT molecular complexity index is 578. The predicted molar refractivity (Wildman–Crippen MR) is 78.0 cm³/mol. The van der Waals surface area contributed by atoms with Crippen molar-refractivity contribution in [3.8, 4) is 0 Å². The molecule has 0 unspecified atom stereocenters. The number of hydrogen-bond donors (Lipinski definition) is 2. The fourth-order valence-electron chi connectivity index (χ4n) is 2.60. The lowest BCUT2D eigenvalue weighted by Crippen LogP contribution is -2.14. The zero-order valence-corrected chi connectivity index (χ0v) is 10.8. The average Bonchev–Trinajstić information content (AvgIpc) is 2.83. The van der Waals surface area contributed by atoms with Gasteiger partial charge in [-0.25, -0.2) is 0 Å². The number of aliphatic hydroxyl groups excluding tert-OH is 1. The van der Waals surface area contributed by atoms with Crippen molar-refractivity contribution in [1.29, 1.82) is 0 Å². The highest BCUT2D eigenvalue weighted by molar-refractivity contribution is 5.55. The van der Waals surface area contributed by atoms with Crippen LogP contribution in [0.15, 0.2) is 42.5 Å². The highest BCUT2D eigenvalue weighted by Gasteiger charge is 2.18. The van der Waals surface area contributed by atoms with Gasteiger partial charge in [0.2, 0.25) is 0 Å². The van der Waals surface area contributed by atoms with E-state index in [1.165, 1.54) is 22.4 Å². The minimum absolute atomic E-state index is 0.202. The first kappa shape index (κ1) is 12.1. The molecule has 1 aliphatic rings. The van der Waals surface area contributed by atoms with Gasteiger partial charge in [0.1, 0.15) is 0 Å². The molecule has 0 aliphatic carbocycles. The van der Waals surface area contributed by atoms with Crippen LogP contribution in [0.4, 0.5) is 11.4 Å². The number of hydrogen-bond acceptors (Lipinski definition) is 3. The lowest BCUT2D eigenvalue weighted by atomic mass is 10.1. The van der Waals surface area contributed by atoms with Crippen LogP contribution < -0.4 is 10.6 Å². The summed E-state index contributed by atoms with van der Waals surface area (Å²) < 4.78 is 0. The van der Waals surface area contributed by atoms with Crippen molar-refractivity contribution in [3.05, 3.63) is 59.2 Å². The van der Waals surface area contributed by atoms with Gasteiger partial charge >= 0.3 is 0 Å². The number of rotatable bonds is 3. The van der Waals surface area contributed by atoms with Gasteiger partial charge in [-0.2, -0.15) is 0 Å². The third-order valence-electron chi connectivity index (χ3n) is 3.65. The van der Waals surface area contributed by atoms with Gasteiger partial charge in [0, 0.05) is 31.1 Å². The van der Waals surface area contributed by atoms with Crippen molar-refractivity contribution in [1.82, 2.24) is 0 Å². The molecule has 0 fully saturated rings. The highest BCUT2D eigenvalue weighted by atomic mass is 16.2. The van der Waals surface area contributed by atoms with Crippen LogP contribution in [0.5, 0.6) is 0 Å². The molecule has 1 heterocycles. The Labute approximate surface area is 113 Å². The Balaban J connectivity index is 1.78. The molecule has 0 saturated carbocycles. The molecule has 3 rings (SSSR count). The fraction of sp³-hybridized carbons (Fsp3) is 0.250. The summed E-state index contributed by atoms with van der Waals surface area (Å²) in [5.74, 6) is 0. The second kappa shape index (κ2) is 4.94. The van der Waals surface area contributed by atoms with Crippen LogP contribution in [0, 0.1) is 0 Å². The molecule has 0 spiro atoms. The lowest BCUT2D eigenvalue weighted by molar-refractivity contribution is 0.299. The monoisotopic (exact) mass is 254 g/mol. The first-order chi connectivity index (χ1) is 9.26. The topological polar surface area (TPSA) is 49.5 Å². The minimum Gasteiger partial charge on any atom is -0.399 e. The molecule has 0 atom stereocenters. The summed E-state index contributed by atoms with van der Waals surface area (Å²) in [7, 11) is 0. The minimum atomic E-state index is 0.202. The molecule has 0 bridgehead atoms. The Hall–Kier alpha value is -2.00. The summed E-state index contributed by atoms with van der Waals surface area (Å²) >= 11 is 0. The van der Waals surface area contributed by atoms with Crippen molar-refractivity contribution >= 4 is 11.4 Å². The smallest absolute Gasteiger partial charge is 0.0471 e. The van der Waals surface area contributed by atoms with Crippen LogP contribution >= 0.6 is 0 Å². The van der Waals surface area contributed by atoms with Crippen LogP contribution in [-0.4, -0.2) is 11.7 Å². The van der Waals surface area contributed by atoms with Gasteiger partial charge < -0.3 is 15.7 Å². The predicted octanol–water partition coefficient (Wildman–Crippen LogP) is 2.32. The number of fused-ring (bicyclic) bond motifs is 1. The standard InChI is InChI=1S/C16H18N2O/c17-15-4-3-13-10-18(11-14(13)9-15)16-5-1-12(2-6-16)7-8-19/h1-6,9,19H,7-8,10-11,17H2. The summed E-state index contributed by atoms with van der Waals surface area (Å²) in [5, 5.41) is 8.92. The highest BCUT2D eigenvalue weighted by Crippen LogP contribution is 2.29. The fourth-order valence-corrected chi connectivity index (χ4v) is 2.60. The van der Waals surface area contributed by atoms with Crippen molar-refractivity contribution < 1.29 is 5.11 Å². The van der Waals surface area contributed by atoms with Crippen LogP contribution in [0.3, 0.4) is 0 Å². The molecule has 3 nitrogen and oxygen atoms in total. The van der Waals surface area contributed by atoms with Crippen molar-refractivity contribution in [2.24, 2.45) is 0 Å². The van der Waals surface area contributed by atoms with E-state index in [4.69, 9.17) is 10.8 Å². The van der Waals surface area contributed by atoms with E-state index in [0.717, 1.165) is 25.2 Å². The Kier molecular flexibility index (Phi) is 3.13. The first-order valence-corrected chi connectivity index (χ1v) is 6.58. The Morgan fingerprint density at radius 3 is 2.47 bits per heavy atom. The molecule has 0 radical (unpaired) electrons. The lowest BCUT2D eigenvalue weighted by Gasteiger charge is -2.18. The number of aliphatic hydroxyl groups is 1. The number of nitrogen functional groups attached to an aromatic ring is 1. The largest absolute Gasteiger partial charge is 0.399 e. The van der Waals surface area contributed by atoms with Crippen LogP contribution in [0.1, 0.15) is 16.7 Å². The number of nitrogens with zero attached hydrogens (tertiary/aromatic N) is 1. The van der Waals surface area contributed by atoms with Gasteiger partial charge in [-0.15, -0.1) is 0 Å². The molecule has 19 heavy (non-hydrogen) atoms. The molecule has 2 aromatic rings. The van der Waals surface area contributed by atoms with Gasteiger partial charge in [-0.05, 0) is 47.4 Å². The molecule has 3 heteroatoms. The van der Waals surface area contributed by atoms with Crippen molar-refractivity contribution in [3.63, 3.8) is 0 Å². The van der Waals surface area contributed by atoms with Gasteiger partial charge in [-0.1, -0.05) is 18.2 Å². The van der Waals surface area contributed by atoms with Gasteiger partial charge in [0.25, 0.3) is 0 Å². The van der Waals surface area contributed by atoms with Crippen molar-refractivity contribution in [2.45, 2.75) is 19.5 Å². The SMILES string of the molecule is Nc1ccc2c(c1)CN(c1ccc(CCO)cc1)C2. The maximum atomic E-state index is 8.92. The molecule has 3 N–H and O–H groups in total. The van der Waals surface area contributed by atoms with E-state index in [9.17, 15) is 0 Å². The number of benzene rings is 2. The maximum Gasteiger partial charge on any atom is 0.0471 e. The van der Waals surface area contributed by atoms with Gasteiger partial charge in [0.05, 0.1) is 0 Å². The van der Waals surface area contributed by atoms with E-state index in [2.05, 4.69) is 41.3 Å². The van der Waals surface area contributed by atoms with Crippen LogP contribution in [-0.2, 0) is 19.5 Å². The van der Waals surface area contributed by atoms with E-state index in [1.54, 1.807) is 0 Å². The molecule has 1 aliphatic heterocycles. The maximum absolute atomic E-state index is 8.92. The van der Waals surface area contributed by atoms with Crippen LogP contribution in [0.25, 0.3) is 0 Å². The molecular formula is C16H18N2O. The van der Waals surface area contributed by atoms with Gasteiger partial charge in [-0.3, -0.25) is 0 Å². The quantitative estimate of drug-likeness (QED) is 0.826. The molecular weight excluding hydrogens is 236 g/mol. The van der Waals surface area contributed by atoms with E-state index >= 15 is 0 Å². The van der Waals surface area contributed by atoms with E-state index in [-0.39, 0.29) is 6.61 Å². The second-order valence-corrected chi connectivity index (χ2v) is 5.02. The van der Waals surface area contributed by atoms with Gasteiger partial charge in [0.15, 0.2) is 0 Å². The summed E-state index contributed by atoms with van der Waals surface area (Å²) in [6.45, 7) is 2.06. The zero-order valence-electron chi connectivity index (χ0n) is 10.8. The molecule has 2 aromatic carbocycles. The normalized spacial score (nSPS) is 13.6. The zero-order chi connectivity index (χ0) is 13.2. The molecule has 98 valence electrons. The third kappa shape index (κ3) is 2.42. The second-order valence-electron chi connectivity index (χ2n) is 5.02. The average molecular weight is 254 g/mol. The first-order valence-electron chi connectivity index (χ1n) is 6.58.